The van der Waals surface area contributed by atoms with Crippen molar-refractivity contribution in [1.82, 2.24) is 0 Å². The Labute approximate surface area is 432 Å². The monoisotopic (exact) mass is 973 g/mol. The van der Waals surface area contributed by atoms with E-state index < -0.39 is 6.10 Å². The van der Waals surface area contributed by atoms with Crippen molar-refractivity contribution in [2.45, 2.75) is 277 Å². The lowest BCUT2D eigenvalue weighted by Crippen LogP contribution is -2.30. The second-order valence-corrected chi connectivity index (χ2v) is 19.2. The van der Waals surface area contributed by atoms with Gasteiger partial charge in [0.05, 0.1) is 0 Å². The third-order valence-electron chi connectivity index (χ3n) is 12.3. The molecule has 0 aromatic carbocycles. The number of unbranched alkanes of at least 4 members (excludes halogenated alkanes) is 25. The third kappa shape index (κ3) is 55.3. The third-order valence-corrected chi connectivity index (χ3v) is 12.3. The number of hydrogen-bond donors (Lipinski definition) is 0. The molecule has 0 radical (unpaired) electrons. The fourth-order valence-electron chi connectivity index (χ4n) is 7.91. The number of esters is 3. The van der Waals surface area contributed by atoms with E-state index in [0.717, 1.165) is 128 Å². The van der Waals surface area contributed by atoms with E-state index in [-0.39, 0.29) is 31.1 Å². The van der Waals surface area contributed by atoms with Gasteiger partial charge in [-0.05, 0) is 122 Å². The second-order valence-electron chi connectivity index (χ2n) is 19.2. The lowest BCUT2D eigenvalue weighted by atomic mass is 10.1. The van der Waals surface area contributed by atoms with Crippen LogP contribution >= 0.6 is 0 Å². The summed E-state index contributed by atoms with van der Waals surface area (Å²) in [6.45, 7) is 6.48. The summed E-state index contributed by atoms with van der Waals surface area (Å²) in [5.41, 5.74) is 0. The largest absolute Gasteiger partial charge is 0.462 e. The lowest BCUT2D eigenvalue weighted by Gasteiger charge is -2.18. The molecule has 0 N–H and O–H groups in total. The zero-order valence-electron chi connectivity index (χ0n) is 45.8. The van der Waals surface area contributed by atoms with Crippen LogP contribution in [0, 0.1) is 0 Å². The molecule has 0 aliphatic rings. The van der Waals surface area contributed by atoms with Crippen LogP contribution in [0.4, 0.5) is 0 Å². The van der Waals surface area contributed by atoms with Crippen LogP contribution in [0.25, 0.3) is 0 Å². The highest BCUT2D eigenvalue weighted by Crippen LogP contribution is 2.14. The molecule has 0 saturated heterocycles. The number of hydrogen-bond acceptors (Lipinski definition) is 6. The fraction of sp³-hybridized carbons (Fsp3) is 0.703. The molecule has 0 aliphatic carbocycles. The summed E-state index contributed by atoms with van der Waals surface area (Å²) in [6.07, 6.45) is 76.8. The molecule has 0 aromatic rings. The maximum Gasteiger partial charge on any atom is 0.306 e. The van der Waals surface area contributed by atoms with Crippen LogP contribution in [0.2, 0.25) is 0 Å². The Balaban J connectivity index is 4.43. The maximum absolute atomic E-state index is 12.9. The maximum atomic E-state index is 12.9. The van der Waals surface area contributed by atoms with E-state index in [9.17, 15) is 14.4 Å². The first kappa shape index (κ1) is 66.3. The average Bonchev–Trinajstić information content (AvgIpc) is 3.36. The summed E-state index contributed by atoms with van der Waals surface area (Å²) < 4.78 is 16.8. The summed E-state index contributed by atoms with van der Waals surface area (Å²) >= 11 is 0. The molecule has 0 bridgehead atoms. The molecule has 0 spiro atoms. The molecular formula is C64H108O6. The molecule has 1 atom stereocenters. The van der Waals surface area contributed by atoms with Gasteiger partial charge in [0.2, 0.25) is 0 Å². The molecule has 6 nitrogen and oxygen atoms in total. The van der Waals surface area contributed by atoms with E-state index in [0.29, 0.717) is 19.3 Å². The van der Waals surface area contributed by atoms with Crippen molar-refractivity contribution in [3.05, 3.63) is 97.2 Å². The van der Waals surface area contributed by atoms with Crippen molar-refractivity contribution >= 4 is 17.9 Å². The van der Waals surface area contributed by atoms with Crippen LogP contribution in [-0.4, -0.2) is 37.2 Å². The van der Waals surface area contributed by atoms with E-state index in [4.69, 9.17) is 14.2 Å². The van der Waals surface area contributed by atoms with Gasteiger partial charge in [-0.15, -0.1) is 0 Å². The molecule has 0 fully saturated rings. The molecule has 0 saturated carbocycles. The SMILES string of the molecule is CC/C=C\C/C=C\C/C=C\C/C=C\C/C=C\C/C=C\CCCCCCC(=O)OCC(COC(=O)CCCCCCC/C=C\CCCCCC)OC(=O)CCCCCCC/C=C\CCCCCCCCC. The van der Waals surface area contributed by atoms with Gasteiger partial charge in [0.1, 0.15) is 13.2 Å². The number of rotatable bonds is 52. The highest BCUT2D eigenvalue weighted by Gasteiger charge is 2.19. The number of ether oxygens (including phenoxy) is 3. The van der Waals surface area contributed by atoms with Gasteiger partial charge in [-0.25, -0.2) is 0 Å². The Bertz CT molecular complexity index is 1400. The van der Waals surface area contributed by atoms with E-state index in [2.05, 4.69) is 118 Å². The van der Waals surface area contributed by atoms with Crippen molar-refractivity contribution < 1.29 is 28.6 Å². The molecule has 0 heterocycles. The van der Waals surface area contributed by atoms with E-state index in [1.807, 2.05) is 0 Å². The van der Waals surface area contributed by atoms with Crippen LogP contribution in [0.15, 0.2) is 97.2 Å². The Kier molecular flexibility index (Phi) is 54.9. The standard InChI is InChI=1S/C64H108O6/c1-4-7-10-13-16-19-22-25-27-29-30-31-32-33-34-35-37-39-42-45-48-51-54-57-63(66)69-60-61(59-68-62(65)56-53-50-47-44-41-38-24-21-18-15-12-9-6-3)70-64(67)58-55-52-49-46-43-40-36-28-26-23-20-17-14-11-8-5-2/h7,10,16,19,21,24-25,27-28,30-31,33-34,36-37,39,61H,4-6,8-9,11-15,17-18,20,22-23,26,29,32,35,38,40-60H2,1-3H3/b10-7-,19-16-,24-21-,27-25-,31-30-,34-33-,36-28-,39-37-. The average molecular weight is 974 g/mol. The highest BCUT2D eigenvalue weighted by atomic mass is 16.6. The lowest BCUT2D eigenvalue weighted by molar-refractivity contribution is -0.167. The van der Waals surface area contributed by atoms with E-state index in [1.54, 1.807) is 0 Å². The number of carbonyl (C=O) groups is 3. The van der Waals surface area contributed by atoms with Crippen LogP contribution in [0.1, 0.15) is 271 Å². The van der Waals surface area contributed by atoms with Gasteiger partial charge in [-0.1, -0.05) is 227 Å². The van der Waals surface area contributed by atoms with Gasteiger partial charge in [0, 0.05) is 19.3 Å². The van der Waals surface area contributed by atoms with Gasteiger partial charge in [0.15, 0.2) is 6.10 Å². The number of allylic oxidation sites excluding steroid dienone is 16. The Morgan fingerprint density at radius 3 is 0.900 bits per heavy atom. The first-order valence-corrected chi connectivity index (χ1v) is 29.2. The molecule has 400 valence electrons. The number of carbonyl (C=O) groups excluding carboxylic acids is 3. The Morgan fingerprint density at radius 1 is 0.300 bits per heavy atom. The predicted octanol–water partition coefficient (Wildman–Crippen LogP) is 19.7. The molecule has 0 amide bonds. The van der Waals surface area contributed by atoms with E-state index >= 15 is 0 Å². The zero-order valence-corrected chi connectivity index (χ0v) is 45.8. The van der Waals surface area contributed by atoms with Crippen LogP contribution in [-0.2, 0) is 28.6 Å². The summed E-state index contributed by atoms with van der Waals surface area (Å²) in [7, 11) is 0. The van der Waals surface area contributed by atoms with Crippen molar-refractivity contribution in [2.75, 3.05) is 13.2 Å². The smallest absolute Gasteiger partial charge is 0.306 e. The molecule has 0 aliphatic heterocycles. The summed E-state index contributed by atoms with van der Waals surface area (Å²) in [5, 5.41) is 0. The molecule has 6 heteroatoms. The van der Waals surface area contributed by atoms with Crippen molar-refractivity contribution in [2.24, 2.45) is 0 Å². The van der Waals surface area contributed by atoms with Crippen LogP contribution in [0.5, 0.6) is 0 Å². The van der Waals surface area contributed by atoms with Crippen molar-refractivity contribution in [1.29, 1.82) is 0 Å². The minimum atomic E-state index is -0.797. The topological polar surface area (TPSA) is 78.9 Å². The first-order chi connectivity index (χ1) is 34.5. The van der Waals surface area contributed by atoms with E-state index in [1.165, 1.54) is 103 Å². The summed E-state index contributed by atoms with van der Waals surface area (Å²) in [6, 6.07) is 0. The minimum absolute atomic E-state index is 0.0935. The van der Waals surface area contributed by atoms with Crippen LogP contribution < -0.4 is 0 Å². The molecular weight excluding hydrogens is 865 g/mol. The predicted molar refractivity (Wildman–Crippen MR) is 302 cm³/mol. The van der Waals surface area contributed by atoms with Gasteiger partial charge >= 0.3 is 17.9 Å². The summed E-state index contributed by atoms with van der Waals surface area (Å²) in [4.78, 5) is 38.2. The minimum Gasteiger partial charge on any atom is -0.462 e. The molecule has 70 heavy (non-hydrogen) atoms. The van der Waals surface area contributed by atoms with Crippen LogP contribution in [0.3, 0.4) is 0 Å². The fourth-order valence-corrected chi connectivity index (χ4v) is 7.91. The highest BCUT2D eigenvalue weighted by molar-refractivity contribution is 5.71. The quantitative estimate of drug-likeness (QED) is 0.0262. The van der Waals surface area contributed by atoms with Gasteiger partial charge < -0.3 is 14.2 Å². The van der Waals surface area contributed by atoms with Gasteiger partial charge in [0.25, 0.3) is 0 Å². The molecule has 0 rings (SSSR count). The first-order valence-electron chi connectivity index (χ1n) is 29.2. The molecule has 1 unspecified atom stereocenters. The Morgan fingerprint density at radius 2 is 0.557 bits per heavy atom. The molecule has 0 aromatic heterocycles. The van der Waals surface area contributed by atoms with Crippen molar-refractivity contribution in [3.8, 4) is 0 Å². The Hall–Kier alpha value is -3.67. The van der Waals surface area contributed by atoms with Gasteiger partial charge in [-0.3, -0.25) is 14.4 Å². The van der Waals surface area contributed by atoms with Gasteiger partial charge in [-0.2, -0.15) is 0 Å². The normalized spacial score (nSPS) is 12.8. The second kappa shape index (κ2) is 57.9. The van der Waals surface area contributed by atoms with Crippen molar-refractivity contribution in [3.63, 3.8) is 0 Å². The zero-order chi connectivity index (χ0) is 50.7. The summed E-state index contributed by atoms with van der Waals surface area (Å²) in [5.74, 6) is -0.932.